The van der Waals surface area contributed by atoms with Crippen LogP contribution in [0.5, 0.6) is 0 Å². The van der Waals surface area contributed by atoms with Crippen molar-refractivity contribution >= 4 is 126 Å². The van der Waals surface area contributed by atoms with E-state index in [0.717, 1.165) is 70.0 Å². The molecular weight excluding hydrogens is 1220 g/mol. The van der Waals surface area contributed by atoms with Gasteiger partial charge in [-0.05, 0) is 132 Å². The average Bonchev–Trinajstić information content (AvgIpc) is 1.53. The van der Waals surface area contributed by atoms with Crippen molar-refractivity contribution in [3.63, 3.8) is 0 Å². The van der Waals surface area contributed by atoms with Crippen LogP contribution >= 0.6 is 71.4 Å². The smallest absolute Gasteiger partial charge is 0.266 e. The first kappa shape index (κ1) is 66.5. The monoisotopic (exact) mass is 1310 g/mol. The predicted octanol–water partition coefficient (Wildman–Crippen LogP) is 23.0. The highest BCUT2D eigenvalue weighted by Crippen LogP contribution is 2.62. The molecule has 0 N–H and O–H groups in total. The molecule has 90 heavy (non-hydrogen) atoms. The molecule has 2 aliphatic heterocycles. The molecule has 2 fully saturated rings. The molecule has 0 spiro atoms. The molecule has 2 saturated heterocycles. The molecular formula is C76H92N6O2S6. The molecule has 4 heterocycles. The number of hydrogen-bond donors (Lipinski definition) is 0. The third kappa shape index (κ3) is 13.6. The molecule has 7 aromatic rings. The fraction of sp³-hybridized carbons (Fsp3) is 0.500. The molecule has 2 amide bonds. The third-order valence-corrected chi connectivity index (χ3v) is 23.9. The van der Waals surface area contributed by atoms with Crippen LogP contribution < -0.4 is 0 Å². The van der Waals surface area contributed by atoms with Crippen LogP contribution in [-0.2, 0) is 20.4 Å². The first-order chi connectivity index (χ1) is 44.0. The number of benzene rings is 5. The summed E-state index contributed by atoms with van der Waals surface area (Å²) in [4.78, 5) is 31.6. The highest BCUT2D eigenvalue weighted by Gasteiger charge is 2.48. The van der Waals surface area contributed by atoms with Gasteiger partial charge in [-0.3, -0.25) is 19.4 Å². The number of aromatic nitrogens is 4. The van der Waals surface area contributed by atoms with Crippen molar-refractivity contribution < 1.29 is 9.59 Å². The van der Waals surface area contributed by atoms with E-state index in [1.165, 1.54) is 257 Å². The number of rotatable bonds is 34. The van der Waals surface area contributed by atoms with Crippen LogP contribution in [0.3, 0.4) is 0 Å². The Balaban J connectivity index is 1.07. The molecule has 2 aliphatic carbocycles. The summed E-state index contributed by atoms with van der Waals surface area (Å²) in [5.41, 5.74) is 21.1. The van der Waals surface area contributed by atoms with E-state index in [0.29, 0.717) is 31.5 Å². The zero-order valence-corrected chi connectivity index (χ0v) is 59.1. The molecule has 0 unspecified atom stereocenters. The number of thioether (sulfide) groups is 2. The number of thiocarbonyl (C=S) groups is 2. The van der Waals surface area contributed by atoms with E-state index in [-0.39, 0.29) is 22.6 Å². The van der Waals surface area contributed by atoms with Gasteiger partial charge in [0.15, 0.2) is 0 Å². The molecule has 2 aromatic heterocycles. The maximum absolute atomic E-state index is 13.5. The van der Waals surface area contributed by atoms with Crippen molar-refractivity contribution in [2.45, 2.75) is 232 Å². The molecule has 0 radical (unpaired) electrons. The molecule has 11 rings (SSSR count). The summed E-state index contributed by atoms with van der Waals surface area (Å²) in [5.74, 6) is -0.0847. The Labute approximate surface area is 564 Å². The van der Waals surface area contributed by atoms with Crippen LogP contribution in [0.4, 0.5) is 0 Å². The van der Waals surface area contributed by atoms with E-state index >= 15 is 0 Å². The summed E-state index contributed by atoms with van der Waals surface area (Å²) in [6.45, 7) is 14.3. The van der Waals surface area contributed by atoms with Crippen molar-refractivity contribution in [3.05, 3.63) is 116 Å². The van der Waals surface area contributed by atoms with Gasteiger partial charge < -0.3 is 0 Å². The largest absolute Gasteiger partial charge is 0.293 e. The lowest BCUT2D eigenvalue weighted by molar-refractivity contribution is -0.122. The lowest BCUT2D eigenvalue weighted by Gasteiger charge is -2.35. The standard InChI is InChI=1S/C76H92N6O2S6/c1-7-13-17-21-25-29-41-75(42-30-26-22-18-14-8-2)61-45-51(55-37-35-53(67-69(55)79-89-77-67)47-65-71(83)81(11-5)73(85)87-65)33-39-57(61)59-50-64-60(49-63(59)75)58-40-34-52(46-62(58)76(64,43-31-27-23-19-15-9-3)44-32-28-24-20-16-10-4)56-38-36-54(68-70(56)80-90-78-68)48-66-72(84)82(12-6)74(86)88-66/h33-40,45-50H,7-32,41-44H2,1-6H3/b65-47-,66-48-. The van der Waals surface area contributed by atoms with Gasteiger partial charge >= 0.3 is 0 Å². The van der Waals surface area contributed by atoms with E-state index in [9.17, 15) is 9.59 Å². The molecule has 8 nitrogen and oxygen atoms in total. The van der Waals surface area contributed by atoms with Crippen LogP contribution in [0.15, 0.2) is 82.6 Å². The number of carbonyl (C=O) groups excluding carboxylic acids is 2. The van der Waals surface area contributed by atoms with E-state index in [4.69, 9.17) is 41.9 Å². The second kappa shape index (κ2) is 30.9. The summed E-state index contributed by atoms with van der Waals surface area (Å²) < 4.78 is 21.1. The van der Waals surface area contributed by atoms with Crippen molar-refractivity contribution in [1.82, 2.24) is 27.3 Å². The molecule has 5 aromatic carbocycles. The van der Waals surface area contributed by atoms with Crippen LogP contribution in [0, 0.1) is 0 Å². The summed E-state index contributed by atoms with van der Waals surface area (Å²) in [6.07, 6.45) is 38.6. The minimum atomic E-state index is -0.176. The lowest BCUT2D eigenvalue weighted by atomic mass is 9.68. The van der Waals surface area contributed by atoms with Crippen LogP contribution in [-0.4, -0.2) is 60.8 Å². The zero-order chi connectivity index (χ0) is 62.8. The summed E-state index contributed by atoms with van der Waals surface area (Å²) >= 11 is 16.5. The fourth-order valence-electron chi connectivity index (χ4n) is 15.3. The molecule has 0 atom stereocenters. The maximum Gasteiger partial charge on any atom is 0.266 e. The summed E-state index contributed by atoms with van der Waals surface area (Å²) in [6, 6.07) is 29.1. The van der Waals surface area contributed by atoms with E-state index in [1.54, 1.807) is 9.80 Å². The molecule has 4 aliphatic rings. The van der Waals surface area contributed by atoms with Gasteiger partial charge in [0.25, 0.3) is 11.8 Å². The van der Waals surface area contributed by atoms with Gasteiger partial charge in [-0.25, -0.2) is 0 Å². The second-order valence-electron chi connectivity index (χ2n) is 25.9. The number of fused-ring (bicyclic) bond motifs is 8. The molecule has 14 heteroatoms. The Kier molecular flexibility index (Phi) is 22.8. The van der Waals surface area contributed by atoms with Crippen LogP contribution in [0.25, 0.3) is 78.7 Å². The number of nitrogens with zero attached hydrogens (tertiary/aromatic N) is 6. The number of likely N-dealkylation sites (N-methyl/N-ethyl adjacent to an activating group) is 2. The Morgan fingerprint density at radius 2 is 0.689 bits per heavy atom. The quantitative estimate of drug-likeness (QED) is 0.0221. The van der Waals surface area contributed by atoms with Gasteiger partial charge in [-0.15, -0.1) is 0 Å². The van der Waals surface area contributed by atoms with Crippen molar-refractivity contribution in [2.24, 2.45) is 0 Å². The summed E-state index contributed by atoms with van der Waals surface area (Å²) in [5, 5.41) is 0. The van der Waals surface area contributed by atoms with E-state index in [1.807, 2.05) is 26.0 Å². The minimum Gasteiger partial charge on any atom is -0.293 e. The van der Waals surface area contributed by atoms with Crippen LogP contribution in [0.2, 0.25) is 0 Å². The maximum atomic E-state index is 13.5. The van der Waals surface area contributed by atoms with Gasteiger partial charge in [0.2, 0.25) is 0 Å². The van der Waals surface area contributed by atoms with E-state index < -0.39 is 0 Å². The van der Waals surface area contributed by atoms with Gasteiger partial charge in [0, 0.05) is 46.2 Å². The highest BCUT2D eigenvalue weighted by atomic mass is 32.2. The Hall–Kier alpha value is -4.96. The first-order valence-electron chi connectivity index (χ1n) is 34.5. The van der Waals surface area contributed by atoms with E-state index in [2.05, 4.69) is 100 Å². The zero-order valence-electron chi connectivity index (χ0n) is 54.2. The molecule has 474 valence electrons. The summed E-state index contributed by atoms with van der Waals surface area (Å²) in [7, 11) is 0. The Morgan fingerprint density at radius 3 is 1.02 bits per heavy atom. The fourth-order valence-corrected chi connectivity index (χ4v) is 19.2. The number of carbonyl (C=O) groups is 2. The second-order valence-corrected chi connectivity index (χ2v) is 30.3. The molecule has 0 saturated carbocycles. The van der Waals surface area contributed by atoms with Crippen molar-refractivity contribution in [2.75, 3.05) is 13.1 Å². The Bertz CT molecular complexity index is 3540. The van der Waals surface area contributed by atoms with Gasteiger partial charge in [-0.1, -0.05) is 278 Å². The Morgan fingerprint density at radius 1 is 0.378 bits per heavy atom. The number of unbranched alkanes of at least 4 members (excludes halogenated alkanes) is 20. The topological polar surface area (TPSA) is 92.2 Å². The SMILES string of the molecule is CCCCCCCCC1(CCCCCCCC)c2cc(-c3ccc(/C=C4\SC(=S)N(CC)C4=O)c4nsnc34)ccc2-c2cc3c(cc21)-c1ccc(-c2ccc(/C=C4\SC(=S)N(CC)C4=O)c4nsnc24)cc1C3(CCCCCCCC)CCCCCCCC. The normalized spacial score (nSPS) is 16.5. The number of amides is 2. The number of hydrogen-bond acceptors (Lipinski definition) is 12. The first-order valence-corrected chi connectivity index (χ1v) is 38.5. The minimum absolute atomic E-state index is 0.0423. The predicted molar refractivity (Wildman–Crippen MR) is 395 cm³/mol. The van der Waals surface area contributed by atoms with Gasteiger partial charge in [-0.2, -0.15) is 17.5 Å². The van der Waals surface area contributed by atoms with Crippen molar-refractivity contribution in [1.29, 1.82) is 0 Å². The van der Waals surface area contributed by atoms with Crippen molar-refractivity contribution in [3.8, 4) is 44.5 Å². The van der Waals surface area contributed by atoms with Crippen LogP contribution in [0.1, 0.15) is 255 Å². The molecule has 0 bridgehead atoms. The van der Waals surface area contributed by atoms with Gasteiger partial charge in [0.05, 0.1) is 33.3 Å². The highest BCUT2D eigenvalue weighted by molar-refractivity contribution is 8.27. The average molecular weight is 1310 g/mol. The third-order valence-electron chi connectivity index (χ3n) is 20.1. The van der Waals surface area contributed by atoms with Gasteiger partial charge in [0.1, 0.15) is 30.7 Å². The lowest BCUT2D eigenvalue weighted by Crippen LogP contribution is -2.27.